The molecule has 3 rings (SSSR count). The molecule has 0 aliphatic rings. The van der Waals surface area contributed by atoms with Gasteiger partial charge in [0, 0.05) is 22.9 Å². The Balaban J connectivity index is 1.57. The molecule has 1 heterocycles. The highest BCUT2D eigenvalue weighted by molar-refractivity contribution is 7.15. The maximum absolute atomic E-state index is 12.7. The van der Waals surface area contributed by atoms with Crippen molar-refractivity contribution in [2.45, 2.75) is 52.4 Å². The summed E-state index contributed by atoms with van der Waals surface area (Å²) in [5.41, 5.74) is 2.55. The molecule has 0 spiro atoms. The van der Waals surface area contributed by atoms with E-state index < -0.39 is 11.9 Å². The normalized spacial score (nSPS) is 10.6. The number of esters is 1. The Labute approximate surface area is 216 Å². The minimum atomic E-state index is -0.487. The molecule has 0 bridgehead atoms. The van der Waals surface area contributed by atoms with Crippen LogP contribution in [0, 0.1) is 0 Å². The van der Waals surface area contributed by atoms with Gasteiger partial charge in [0.25, 0.3) is 5.91 Å². The molecule has 3 aromatic rings. The molecule has 0 atom stereocenters. The van der Waals surface area contributed by atoms with Crippen molar-refractivity contribution in [3.05, 3.63) is 71.1 Å². The zero-order valence-electron chi connectivity index (χ0n) is 20.9. The van der Waals surface area contributed by atoms with Gasteiger partial charge in [0.15, 0.2) is 12.4 Å². The molecule has 7 heteroatoms. The summed E-state index contributed by atoms with van der Waals surface area (Å²) in [6.45, 7) is 3.91. The molecular formula is C29H33NO5S. The largest absolute Gasteiger partial charge is 0.484 e. The van der Waals surface area contributed by atoms with Gasteiger partial charge in [-0.3, -0.25) is 9.59 Å². The molecule has 0 aliphatic heterocycles. The van der Waals surface area contributed by atoms with Crippen molar-refractivity contribution in [1.29, 1.82) is 0 Å². The van der Waals surface area contributed by atoms with Crippen LogP contribution in [-0.4, -0.2) is 30.9 Å². The van der Waals surface area contributed by atoms with E-state index in [1.165, 1.54) is 30.6 Å². The number of anilines is 1. The molecule has 0 unspecified atom stereocenters. The molecule has 0 saturated carbocycles. The number of unbranched alkanes of at least 4 members (excludes halogenated alkanes) is 4. The second kappa shape index (κ2) is 14.2. The Morgan fingerprint density at radius 2 is 1.61 bits per heavy atom. The van der Waals surface area contributed by atoms with Gasteiger partial charge in [0.2, 0.25) is 0 Å². The van der Waals surface area contributed by atoms with Gasteiger partial charge in [0.05, 0.1) is 6.61 Å². The molecular weight excluding hydrogens is 474 g/mol. The van der Waals surface area contributed by atoms with Crippen LogP contribution >= 0.6 is 11.3 Å². The molecule has 1 amide bonds. The first-order chi connectivity index (χ1) is 17.5. The summed E-state index contributed by atoms with van der Waals surface area (Å²) >= 11 is 1.27. The number of Topliss-reactive ketones (excluding diaryl/α,β-unsaturated/α-hetero) is 1. The standard InChI is InChI=1S/C29H33NO5S/c1-3-5-6-7-11-14-25(31)22-15-17-23(18-16-22)35-19-26(32)30-28-27(29(33)34-4-2)24(20-36-28)21-12-9-8-10-13-21/h8-10,12-13,15-18,20H,3-7,11,14,19H2,1-2H3,(H,30,32). The third kappa shape index (κ3) is 7.78. The Morgan fingerprint density at radius 1 is 0.889 bits per heavy atom. The number of nitrogens with one attached hydrogen (secondary N) is 1. The number of carbonyl (C=O) groups is 3. The van der Waals surface area contributed by atoms with Crippen LogP contribution in [0.4, 0.5) is 5.00 Å². The van der Waals surface area contributed by atoms with E-state index >= 15 is 0 Å². The first-order valence-electron chi connectivity index (χ1n) is 12.4. The maximum Gasteiger partial charge on any atom is 0.341 e. The molecule has 6 nitrogen and oxygen atoms in total. The number of rotatable bonds is 14. The van der Waals surface area contributed by atoms with Crippen LogP contribution in [0.15, 0.2) is 60.0 Å². The fourth-order valence-electron chi connectivity index (χ4n) is 3.77. The van der Waals surface area contributed by atoms with Gasteiger partial charge in [-0.25, -0.2) is 4.79 Å². The van der Waals surface area contributed by atoms with Gasteiger partial charge in [0.1, 0.15) is 16.3 Å². The average molecular weight is 508 g/mol. The quantitative estimate of drug-likeness (QED) is 0.142. The van der Waals surface area contributed by atoms with Gasteiger partial charge < -0.3 is 14.8 Å². The van der Waals surface area contributed by atoms with Crippen molar-refractivity contribution >= 4 is 34.0 Å². The highest BCUT2D eigenvalue weighted by Crippen LogP contribution is 2.36. The fourth-order valence-corrected chi connectivity index (χ4v) is 4.74. The van der Waals surface area contributed by atoms with E-state index in [1.54, 1.807) is 31.2 Å². The lowest BCUT2D eigenvalue weighted by molar-refractivity contribution is -0.118. The van der Waals surface area contributed by atoms with E-state index in [9.17, 15) is 14.4 Å². The lowest BCUT2D eigenvalue weighted by Gasteiger charge is -2.10. The van der Waals surface area contributed by atoms with E-state index in [4.69, 9.17) is 9.47 Å². The van der Waals surface area contributed by atoms with Crippen molar-refractivity contribution in [3.8, 4) is 16.9 Å². The van der Waals surface area contributed by atoms with Gasteiger partial charge in [-0.15, -0.1) is 11.3 Å². The van der Waals surface area contributed by atoms with Crippen molar-refractivity contribution in [1.82, 2.24) is 0 Å². The summed E-state index contributed by atoms with van der Waals surface area (Å²) in [6.07, 6.45) is 6.07. The second-order valence-electron chi connectivity index (χ2n) is 8.39. The van der Waals surface area contributed by atoms with E-state index in [0.29, 0.717) is 33.9 Å². The number of ether oxygens (including phenoxy) is 2. The number of carbonyl (C=O) groups excluding carboxylic acids is 3. The van der Waals surface area contributed by atoms with Gasteiger partial charge in [-0.1, -0.05) is 62.9 Å². The lowest BCUT2D eigenvalue weighted by atomic mass is 10.0. The van der Waals surface area contributed by atoms with Gasteiger partial charge in [-0.05, 0) is 43.2 Å². The number of ketones is 1. The third-order valence-electron chi connectivity index (χ3n) is 5.66. The van der Waals surface area contributed by atoms with Crippen molar-refractivity contribution < 1.29 is 23.9 Å². The van der Waals surface area contributed by atoms with Crippen molar-refractivity contribution in [2.75, 3.05) is 18.5 Å². The predicted molar refractivity (Wildman–Crippen MR) is 144 cm³/mol. The topological polar surface area (TPSA) is 81.7 Å². The summed E-state index contributed by atoms with van der Waals surface area (Å²) in [5.74, 6) is -0.269. The van der Waals surface area contributed by atoms with E-state index in [-0.39, 0.29) is 19.0 Å². The Hall–Kier alpha value is -3.45. The van der Waals surface area contributed by atoms with Crippen molar-refractivity contribution in [3.63, 3.8) is 0 Å². The van der Waals surface area contributed by atoms with E-state index in [1.807, 2.05) is 35.7 Å². The SMILES string of the molecule is CCCCCCCC(=O)c1ccc(OCC(=O)Nc2scc(-c3ccccc3)c2C(=O)OCC)cc1. The fraction of sp³-hybridized carbons (Fsp3) is 0.345. The van der Waals surface area contributed by atoms with Crippen LogP contribution < -0.4 is 10.1 Å². The first-order valence-corrected chi connectivity index (χ1v) is 13.3. The Morgan fingerprint density at radius 3 is 2.31 bits per heavy atom. The average Bonchev–Trinajstić information content (AvgIpc) is 3.31. The monoisotopic (exact) mass is 507 g/mol. The summed E-state index contributed by atoms with van der Waals surface area (Å²) in [6, 6.07) is 16.3. The summed E-state index contributed by atoms with van der Waals surface area (Å²) in [5, 5.41) is 5.03. The predicted octanol–water partition coefficient (Wildman–Crippen LogP) is 7.15. The van der Waals surface area contributed by atoms with Crippen molar-refractivity contribution in [2.24, 2.45) is 0 Å². The molecule has 1 aromatic heterocycles. The molecule has 0 radical (unpaired) electrons. The minimum absolute atomic E-state index is 0.120. The number of hydrogen-bond donors (Lipinski definition) is 1. The smallest absolute Gasteiger partial charge is 0.341 e. The number of hydrogen-bond acceptors (Lipinski definition) is 6. The first kappa shape index (κ1) is 27.1. The summed E-state index contributed by atoms with van der Waals surface area (Å²) in [7, 11) is 0. The maximum atomic E-state index is 12.7. The molecule has 0 aliphatic carbocycles. The number of amides is 1. The highest BCUT2D eigenvalue weighted by atomic mass is 32.1. The lowest BCUT2D eigenvalue weighted by Crippen LogP contribution is -2.21. The number of benzene rings is 2. The van der Waals surface area contributed by atoms with Crippen LogP contribution in [0.25, 0.3) is 11.1 Å². The van der Waals surface area contributed by atoms with Crippen LogP contribution in [-0.2, 0) is 9.53 Å². The van der Waals surface area contributed by atoms with Gasteiger partial charge in [-0.2, -0.15) is 0 Å². The molecule has 1 N–H and O–H groups in total. The Bertz CT molecular complexity index is 1140. The molecule has 36 heavy (non-hydrogen) atoms. The minimum Gasteiger partial charge on any atom is -0.484 e. The zero-order chi connectivity index (χ0) is 25.8. The van der Waals surface area contributed by atoms with Crippen LogP contribution in [0.1, 0.15) is 73.1 Å². The third-order valence-corrected chi connectivity index (χ3v) is 6.56. The van der Waals surface area contributed by atoms with Crippen LogP contribution in [0.2, 0.25) is 0 Å². The van der Waals surface area contributed by atoms with E-state index in [2.05, 4.69) is 12.2 Å². The molecule has 2 aromatic carbocycles. The van der Waals surface area contributed by atoms with Crippen LogP contribution in [0.3, 0.4) is 0 Å². The Kier molecular flexibility index (Phi) is 10.7. The number of thiophene rings is 1. The zero-order valence-corrected chi connectivity index (χ0v) is 21.7. The second-order valence-corrected chi connectivity index (χ2v) is 9.27. The summed E-state index contributed by atoms with van der Waals surface area (Å²) < 4.78 is 10.8. The van der Waals surface area contributed by atoms with Crippen LogP contribution in [0.5, 0.6) is 5.75 Å². The highest BCUT2D eigenvalue weighted by Gasteiger charge is 2.23. The van der Waals surface area contributed by atoms with E-state index in [0.717, 1.165) is 18.4 Å². The molecule has 0 saturated heterocycles. The molecule has 0 fully saturated rings. The molecule has 190 valence electrons. The summed E-state index contributed by atoms with van der Waals surface area (Å²) in [4.78, 5) is 37.6. The van der Waals surface area contributed by atoms with Gasteiger partial charge >= 0.3 is 5.97 Å².